The van der Waals surface area contributed by atoms with E-state index in [4.69, 9.17) is 14.2 Å². The number of carbonyl (C=O) groups is 1. The van der Waals surface area contributed by atoms with Crippen molar-refractivity contribution >= 4 is 17.3 Å². The van der Waals surface area contributed by atoms with Crippen molar-refractivity contribution in [1.82, 2.24) is 0 Å². The molecule has 0 spiro atoms. The zero-order chi connectivity index (χ0) is 24.6. The summed E-state index contributed by atoms with van der Waals surface area (Å²) in [5.74, 6) is 1.32. The molecule has 1 amide bonds. The average molecular weight is 465 g/mol. The predicted molar refractivity (Wildman–Crippen MR) is 132 cm³/mol. The molecule has 34 heavy (non-hydrogen) atoms. The fourth-order valence-corrected chi connectivity index (χ4v) is 4.33. The largest absolute Gasteiger partial charge is 0.497 e. The lowest BCUT2D eigenvalue weighted by atomic mass is 9.91. The molecule has 3 aromatic rings. The van der Waals surface area contributed by atoms with E-state index in [1.165, 1.54) is 12.1 Å². The second-order valence-corrected chi connectivity index (χ2v) is 8.87. The molecule has 4 rings (SSSR count). The molecule has 1 N–H and O–H groups in total. The minimum Gasteiger partial charge on any atom is -0.497 e. The Morgan fingerprint density at radius 1 is 0.971 bits per heavy atom. The maximum Gasteiger partial charge on any atom is 0.251 e. The molecule has 1 aliphatic heterocycles. The average Bonchev–Trinajstić information content (AvgIpc) is 2.82. The summed E-state index contributed by atoms with van der Waals surface area (Å²) in [7, 11) is 4.97. The number of carbonyl (C=O) groups excluding carboxylic acids is 1. The molecule has 0 aromatic heterocycles. The number of halogens is 1. The third kappa shape index (κ3) is 4.14. The molecule has 0 fully saturated rings. The van der Waals surface area contributed by atoms with Crippen molar-refractivity contribution in [2.75, 3.05) is 31.5 Å². The van der Waals surface area contributed by atoms with Gasteiger partial charge < -0.3 is 24.4 Å². The molecule has 178 valence electrons. The van der Waals surface area contributed by atoms with Gasteiger partial charge in [-0.15, -0.1) is 0 Å². The third-order valence-electron chi connectivity index (χ3n) is 6.12. The quantitative estimate of drug-likeness (QED) is 0.517. The molecule has 0 bridgehead atoms. The molecule has 0 atom stereocenters. The van der Waals surface area contributed by atoms with Gasteiger partial charge in [0, 0.05) is 24.2 Å². The normalized spacial score (nSPS) is 14.3. The van der Waals surface area contributed by atoms with Gasteiger partial charge in [0.05, 0.1) is 25.6 Å². The number of likely N-dealkylation sites (N-methyl/N-ethyl adjacent to an activating group) is 1. The summed E-state index contributed by atoms with van der Waals surface area (Å²) in [5.41, 5.74) is 3.97. The van der Waals surface area contributed by atoms with Gasteiger partial charge in [0.2, 0.25) is 0 Å². The molecule has 0 unspecified atom stereocenters. The Morgan fingerprint density at radius 2 is 1.74 bits per heavy atom. The molecule has 0 aliphatic carbocycles. The van der Waals surface area contributed by atoms with Gasteiger partial charge in [0.15, 0.2) is 0 Å². The van der Waals surface area contributed by atoms with E-state index in [0.717, 1.165) is 27.9 Å². The Bertz CT molecular complexity index is 1260. The predicted octanol–water partition coefficient (Wildman–Crippen LogP) is 5.56. The lowest BCUT2D eigenvalue weighted by Gasteiger charge is -2.39. The monoisotopic (exact) mass is 464 g/mol. The van der Waals surface area contributed by atoms with Crippen molar-refractivity contribution in [3.05, 3.63) is 65.5 Å². The second kappa shape index (κ2) is 8.89. The maximum absolute atomic E-state index is 13.9. The van der Waals surface area contributed by atoms with Crippen LogP contribution < -0.4 is 24.4 Å². The SMILES string of the molecule is COc1ccc(OC)c(-c2ccc3c(c2COc2cc(F)ccc2C)N(C)C(=O)C(C)(C)N3)c1. The molecule has 6 nitrogen and oxygen atoms in total. The summed E-state index contributed by atoms with van der Waals surface area (Å²) in [5, 5.41) is 3.34. The van der Waals surface area contributed by atoms with Crippen molar-refractivity contribution in [3.8, 4) is 28.4 Å². The number of aryl methyl sites for hydroxylation is 1. The molecule has 7 heteroatoms. The summed E-state index contributed by atoms with van der Waals surface area (Å²) in [6.07, 6.45) is 0. The van der Waals surface area contributed by atoms with Crippen LogP contribution in [0.3, 0.4) is 0 Å². The number of methoxy groups -OCH3 is 2. The van der Waals surface area contributed by atoms with Crippen LogP contribution in [-0.2, 0) is 11.4 Å². The van der Waals surface area contributed by atoms with Crippen LogP contribution in [0, 0.1) is 12.7 Å². The van der Waals surface area contributed by atoms with Crippen molar-refractivity contribution < 1.29 is 23.4 Å². The van der Waals surface area contributed by atoms with Gasteiger partial charge in [-0.3, -0.25) is 4.79 Å². The second-order valence-electron chi connectivity index (χ2n) is 8.87. The van der Waals surface area contributed by atoms with E-state index in [-0.39, 0.29) is 18.3 Å². The highest BCUT2D eigenvalue weighted by molar-refractivity contribution is 6.08. The third-order valence-corrected chi connectivity index (χ3v) is 6.12. The topological polar surface area (TPSA) is 60.0 Å². The van der Waals surface area contributed by atoms with Crippen molar-refractivity contribution in [3.63, 3.8) is 0 Å². The van der Waals surface area contributed by atoms with Gasteiger partial charge in [0.1, 0.15) is 35.2 Å². The molecular formula is C27H29FN2O4. The van der Waals surface area contributed by atoms with E-state index in [9.17, 15) is 9.18 Å². The number of nitrogens with zero attached hydrogens (tertiary/aromatic N) is 1. The number of hydrogen-bond acceptors (Lipinski definition) is 5. The lowest BCUT2D eigenvalue weighted by Crippen LogP contribution is -2.52. The van der Waals surface area contributed by atoms with Crippen molar-refractivity contribution in [1.29, 1.82) is 0 Å². The summed E-state index contributed by atoms with van der Waals surface area (Å²) >= 11 is 0. The van der Waals surface area contributed by atoms with Gasteiger partial charge in [0.25, 0.3) is 5.91 Å². The number of rotatable bonds is 6. The minimum atomic E-state index is -0.756. The first-order chi connectivity index (χ1) is 16.2. The van der Waals surface area contributed by atoms with Crippen molar-refractivity contribution in [2.24, 2.45) is 0 Å². The highest BCUT2D eigenvalue weighted by Crippen LogP contribution is 2.45. The molecule has 1 aliphatic rings. The zero-order valence-electron chi connectivity index (χ0n) is 20.3. The highest BCUT2D eigenvalue weighted by Gasteiger charge is 2.38. The fraction of sp³-hybridized carbons (Fsp3) is 0.296. The van der Waals surface area contributed by atoms with E-state index in [1.54, 1.807) is 32.2 Å². The van der Waals surface area contributed by atoms with Gasteiger partial charge >= 0.3 is 0 Å². The van der Waals surface area contributed by atoms with Gasteiger partial charge in [-0.1, -0.05) is 12.1 Å². The molecule has 1 heterocycles. The number of nitrogens with one attached hydrogen (secondary N) is 1. The van der Waals surface area contributed by atoms with Gasteiger partial charge in [-0.25, -0.2) is 4.39 Å². The first-order valence-electron chi connectivity index (χ1n) is 11.0. The van der Waals surface area contributed by atoms with Crippen LogP contribution in [0.15, 0.2) is 48.5 Å². The van der Waals surface area contributed by atoms with Crippen molar-refractivity contribution in [2.45, 2.75) is 32.9 Å². The standard InChI is InChI=1S/C27H29FN2O4/c1-16-7-8-17(28)13-24(16)34-15-21-19(20-14-18(32-5)9-12-23(20)33-6)10-11-22-25(21)30(4)26(31)27(2,3)29-22/h7-14,29H,15H2,1-6H3. The lowest BCUT2D eigenvalue weighted by molar-refractivity contribution is -0.121. The molecular weight excluding hydrogens is 435 g/mol. The highest BCUT2D eigenvalue weighted by atomic mass is 19.1. The number of anilines is 2. The number of fused-ring (bicyclic) bond motifs is 1. The number of ether oxygens (including phenoxy) is 3. The van der Waals surface area contributed by atoms with E-state index in [2.05, 4.69) is 5.32 Å². The molecule has 0 saturated carbocycles. The van der Waals surface area contributed by atoms with E-state index >= 15 is 0 Å². The fourth-order valence-electron chi connectivity index (χ4n) is 4.33. The van der Waals surface area contributed by atoms with E-state index in [1.807, 2.05) is 51.1 Å². The van der Waals surface area contributed by atoms with Crippen LogP contribution in [-0.4, -0.2) is 32.7 Å². The number of benzene rings is 3. The Balaban J connectivity index is 1.91. The van der Waals surface area contributed by atoms with E-state index < -0.39 is 5.54 Å². The number of hydrogen-bond donors (Lipinski definition) is 1. The Hall–Kier alpha value is -3.74. The summed E-state index contributed by atoms with van der Waals surface area (Å²) < 4.78 is 31.1. The smallest absolute Gasteiger partial charge is 0.251 e. The van der Waals surface area contributed by atoms with Crippen LogP contribution in [0.4, 0.5) is 15.8 Å². The first-order valence-corrected chi connectivity index (χ1v) is 11.0. The zero-order valence-corrected chi connectivity index (χ0v) is 20.3. The van der Waals surface area contributed by atoms with Crippen LogP contribution in [0.5, 0.6) is 17.2 Å². The number of amides is 1. The molecule has 0 radical (unpaired) electrons. The van der Waals surface area contributed by atoms with Crippen LogP contribution in [0.1, 0.15) is 25.0 Å². The Labute approximate surface area is 199 Å². The molecule has 0 saturated heterocycles. The van der Waals surface area contributed by atoms with Crippen LogP contribution in [0.25, 0.3) is 11.1 Å². The molecule has 3 aromatic carbocycles. The maximum atomic E-state index is 13.9. The Morgan fingerprint density at radius 3 is 2.44 bits per heavy atom. The van der Waals surface area contributed by atoms with Crippen LogP contribution in [0.2, 0.25) is 0 Å². The summed E-state index contributed by atoms with van der Waals surface area (Å²) in [4.78, 5) is 14.8. The van der Waals surface area contributed by atoms with Gasteiger partial charge in [-0.05, 0) is 62.2 Å². The minimum absolute atomic E-state index is 0.0713. The van der Waals surface area contributed by atoms with E-state index in [0.29, 0.717) is 22.9 Å². The Kier molecular flexibility index (Phi) is 6.13. The first kappa shape index (κ1) is 23.4. The van der Waals surface area contributed by atoms with Crippen LogP contribution >= 0.6 is 0 Å². The summed E-state index contributed by atoms with van der Waals surface area (Å²) in [6, 6.07) is 13.9. The van der Waals surface area contributed by atoms with Gasteiger partial charge in [-0.2, -0.15) is 0 Å². The summed E-state index contributed by atoms with van der Waals surface area (Å²) in [6.45, 7) is 5.67.